The Balaban J connectivity index is 1.86. The van der Waals surface area contributed by atoms with Crippen LogP contribution in [0.3, 0.4) is 0 Å². The van der Waals surface area contributed by atoms with Crippen molar-refractivity contribution in [2.75, 3.05) is 13.2 Å². The molecule has 4 nitrogen and oxygen atoms in total. The molecular formula is C19H19ClO4. The van der Waals surface area contributed by atoms with Gasteiger partial charge >= 0.3 is 5.97 Å². The van der Waals surface area contributed by atoms with Crippen molar-refractivity contribution in [2.24, 2.45) is 0 Å². The van der Waals surface area contributed by atoms with E-state index in [1.54, 1.807) is 6.07 Å². The van der Waals surface area contributed by atoms with Gasteiger partial charge < -0.3 is 14.6 Å². The SMILES string of the molecule is Cc1cc(OCCOc2cccc(C=CC(=O)O)c2)cc(C)c1Cl. The summed E-state index contributed by atoms with van der Waals surface area (Å²) >= 11 is 6.13. The van der Waals surface area contributed by atoms with Crippen molar-refractivity contribution in [3.63, 3.8) is 0 Å². The van der Waals surface area contributed by atoms with Crippen LogP contribution in [0.5, 0.6) is 11.5 Å². The zero-order valence-corrected chi connectivity index (χ0v) is 14.3. The normalized spacial score (nSPS) is 10.8. The minimum absolute atomic E-state index is 0.382. The van der Waals surface area contributed by atoms with E-state index < -0.39 is 5.97 Å². The van der Waals surface area contributed by atoms with E-state index in [4.69, 9.17) is 26.2 Å². The number of hydrogen-bond donors (Lipinski definition) is 1. The van der Waals surface area contributed by atoms with Gasteiger partial charge in [-0.3, -0.25) is 0 Å². The van der Waals surface area contributed by atoms with Crippen LogP contribution >= 0.6 is 11.6 Å². The number of carbonyl (C=O) groups is 1. The first-order valence-electron chi connectivity index (χ1n) is 7.49. The first-order chi connectivity index (χ1) is 11.5. The third-order valence-corrected chi connectivity index (χ3v) is 3.90. The number of benzene rings is 2. The molecule has 0 aliphatic rings. The summed E-state index contributed by atoms with van der Waals surface area (Å²) in [6.45, 7) is 4.66. The summed E-state index contributed by atoms with van der Waals surface area (Å²) < 4.78 is 11.3. The Morgan fingerprint density at radius 2 is 1.71 bits per heavy atom. The molecule has 0 heterocycles. The predicted molar refractivity (Wildman–Crippen MR) is 95.0 cm³/mol. The first kappa shape index (κ1) is 17.9. The number of carboxylic acids is 1. The molecule has 0 spiro atoms. The number of ether oxygens (including phenoxy) is 2. The molecule has 0 radical (unpaired) electrons. The summed E-state index contributed by atoms with van der Waals surface area (Å²) in [5.41, 5.74) is 2.72. The maximum absolute atomic E-state index is 10.5. The minimum atomic E-state index is -0.983. The van der Waals surface area contributed by atoms with E-state index in [9.17, 15) is 4.79 Å². The molecule has 0 aromatic heterocycles. The topological polar surface area (TPSA) is 55.8 Å². The summed E-state index contributed by atoms with van der Waals surface area (Å²) in [5, 5.41) is 9.39. The van der Waals surface area contributed by atoms with Crippen molar-refractivity contribution in [2.45, 2.75) is 13.8 Å². The van der Waals surface area contributed by atoms with Crippen molar-refractivity contribution in [3.05, 3.63) is 64.2 Å². The number of carboxylic acid groups (broad SMARTS) is 1. The largest absolute Gasteiger partial charge is 0.490 e. The summed E-state index contributed by atoms with van der Waals surface area (Å²) in [5.74, 6) is 0.439. The Hall–Kier alpha value is -2.46. The van der Waals surface area contributed by atoms with Crippen LogP contribution in [0.2, 0.25) is 5.02 Å². The fraction of sp³-hybridized carbons (Fsp3) is 0.211. The Morgan fingerprint density at radius 1 is 1.08 bits per heavy atom. The number of hydrogen-bond acceptors (Lipinski definition) is 3. The van der Waals surface area contributed by atoms with Gasteiger partial charge in [0.15, 0.2) is 0 Å². The molecule has 24 heavy (non-hydrogen) atoms. The lowest BCUT2D eigenvalue weighted by Crippen LogP contribution is -2.09. The van der Waals surface area contributed by atoms with Gasteiger partial charge in [0, 0.05) is 11.1 Å². The second kappa shape index (κ2) is 8.41. The van der Waals surface area contributed by atoms with Crippen LogP contribution in [-0.2, 0) is 4.79 Å². The molecule has 126 valence electrons. The lowest BCUT2D eigenvalue weighted by atomic mass is 10.1. The monoisotopic (exact) mass is 346 g/mol. The number of aryl methyl sites for hydroxylation is 2. The molecule has 0 bridgehead atoms. The highest BCUT2D eigenvalue weighted by Crippen LogP contribution is 2.25. The Morgan fingerprint density at radius 3 is 2.33 bits per heavy atom. The molecule has 1 N–H and O–H groups in total. The highest BCUT2D eigenvalue weighted by molar-refractivity contribution is 6.32. The van der Waals surface area contributed by atoms with Crippen LogP contribution in [0.4, 0.5) is 0 Å². The highest BCUT2D eigenvalue weighted by Gasteiger charge is 2.03. The van der Waals surface area contributed by atoms with Gasteiger partial charge in [0.25, 0.3) is 0 Å². The standard InChI is InChI=1S/C19H19ClO4/c1-13-10-17(11-14(2)19(13)20)24-9-8-23-16-5-3-4-15(12-16)6-7-18(21)22/h3-7,10-12H,8-9H2,1-2H3,(H,21,22). The molecule has 0 fully saturated rings. The van der Waals surface area contributed by atoms with Crippen molar-refractivity contribution >= 4 is 23.6 Å². The first-order valence-corrected chi connectivity index (χ1v) is 7.87. The Labute approximate surface area is 146 Å². The quantitative estimate of drug-likeness (QED) is 0.592. The van der Waals surface area contributed by atoms with Crippen molar-refractivity contribution in [1.29, 1.82) is 0 Å². The van der Waals surface area contributed by atoms with E-state index in [1.165, 1.54) is 6.08 Å². The van der Waals surface area contributed by atoms with Gasteiger partial charge in [0.05, 0.1) is 0 Å². The summed E-state index contributed by atoms with van der Waals surface area (Å²) in [6.07, 6.45) is 2.61. The van der Waals surface area contributed by atoms with Crippen LogP contribution < -0.4 is 9.47 Å². The third kappa shape index (κ3) is 5.32. The van der Waals surface area contributed by atoms with E-state index in [0.717, 1.165) is 33.5 Å². The third-order valence-electron chi connectivity index (χ3n) is 3.31. The summed E-state index contributed by atoms with van der Waals surface area (Å²) in [6, 6.07) is 11.0. The van der Waals surface area contributed by atoms with Crippen molar-refractivity contribution in [1.82, 2.24) is 0 Å². The maximum atomic E-state index is 10.5. The van der Waals surface area contributed by atoms with Crippen LogP contribution in [0.15, 0.2) is 42.5 Å². The number of rotatable bonds is 7. The van der Waals surface area contributed by atoms with Crippen LogP contribution in [-0.4, -0.2) is 24.3 Å². The molecule has 0 atom stereocenters. The van der Waals surface area contributed by atoms with Gasteiger partial charge in [-0.05, 0) is 60.9 Å². The molecule has 2 aromatic rings. The zero-order valence-electron chi connectivity index (χ0n) is 13.6. The molecule has 2 aromatic carbocycles. The highest BCUT2D eigenvalue weighted by atomic mass is 35.5. The van der Waals surface area contributed by atoms with E-state index in [2.05, 4.69) is 0 Å². The maximum Gasteiger partial charge on any atom is 0.328 e. The fourth-order valence-electron chi connectivity index (χ4n) is 2.18. The van der Waals surface area contributed by atoms with Crippen molar-refractivity contribution in [3.8, 4) is 11.5 Å². The smallest absolute Gasteiger partial charge is 0.328 e. The Bertz CT molecular complexity index is 730. The molecule has 0 saturated heterocycles. The van der Waals surface area contributed by atoms with Gasteiger partial charge in [0.2, 0.25) is 0 Å². The van der Waals surface area contributed by atoms with Crippen LogP contribution in [0.25, 0.3) is 6.08 Å². The number of aliphatic carboxylic acids is 1. The van der Waals surface area contributed by atoms with Gasteiger partial charge in [-0.25, -0.2) is 4.79 Å². The fourth-order valence-corrected chi connectivity index (χ4v) is 2.29. The summed E-state index contributed by atoms with van der Waals surface area (Å²) in [7, 11) is 0. The number of halogens is 1. The van der Waals surface area contributed by atoms with Crippen molar-refractivity contribution < 1.29 is 19.4 Å². The van der Waals surface area contributed by atoms with Gasteiger partial charge in [-0.1, -0.05) is 23.7 Å². The average molecular weight is 347 g/mol. The Kier molecular flexibility index (Phi) is 6.27. The molecular weight excluding hydrogens is 328 g/mol. The van der Waals surface area contributed by atoms with E-state index in [1.807, 2.05) is 44.2 Å². The van der Waals surface area contributed by atoms with Crippen LogP contribution in [0.1, 0.15) is 16.7 Å². The van der Waals surface area contributed by atoms with Gasteiger partial charge in [0.1, 0.15) is 24.7 Å². The second-order valence-electron chi connectivity index (χ2n) is 5.31. The summed E-state index contributed by atoms with van der Waals surface area (Å²) in [4.78, 5) is 10.5. The molecule has 0 amide bonds. The lowest BCUT2D eigenvalue weighted by Gasteiger charge is -2.11. The molecule has 0 saturated carbocycles. The van der Waals surface area contributed by atoms with Crippen LogP contribution in [0, 0.1) is 13.8 Å². The molecule has 0 unspecified atom stereocenters. The zero-order chi connectivity index (χ0) is 17.5. The molecule has 0 aliphatic carbocycles. The molecule has 0 aliphatic heterocycles. The van der Waals surface area contributed by atoms with E-state index in [0.29, 0.717) is 19.0 Å². The van der Waals surface area contributed by atoms with E-state index >= 15 is 0 Å². The lowest BCUT2D eigenvalue weighted by molar-refractivity contribution is -0.131. The molecule has 5 heteroatoms. The predicted octanol–water partition coefficient (Wildman–Crippen LogP) is 4.51. The average Bonchev–Trinajstić information content (AvgIpc) is 2.55. The second-order valence-corrected chi connectivity index (χ2v) is 5.69. The van der Waals surface area contributed by atoms with E-state index in [-0.39, 0.29) is 0 Å². The van der Waals surface area contributed by atoms with Gasteiger partial charge in [-0.15, -0.1) is 0 Å². The molecule has 2 rings (SSSR count). The minimum Gasteiger partial charge on any atom is -0.490 e. The van der Waals surface area contributed by atoms with Gasteiger partial charge in [-0.2, -0.15) is 0 Å².